The molecule has 0 bridgehead atoms. The molecule has 0 saturated carbocycles. The average molecular weight is 897 g/mol. The molecule has 0 aromatic carbocycles. The van der Waals surface area contributed by atoms with Gasteiger partial charge in [0.2, 0.25) is 0 Å². The number of carboxylic acids is 1. The van der Waals surface area contributed by atoms with E-state index in [2.05, 4.69) is 26.0 Å². The van der Waals surface area contributed by atoms with Crippen LogP contribution >= 0.6 is 0 Å². The summed E-state index contributed by atoms with van der Waals surface area (Å²) >= 11 is 0. The summed E-state index contributed by atoms with van der Waals surface area (Å²) in [5, 5.41) is 39.9. The summed E-state index contributed by atoms with van der Waals surface area (Å²) in [6, 6.07) is 0. The third kappa shape index (κ3) is 34.0. The lowest BCUT2D eigenvalue weighted by Gasteiger charge is -2.38. The first kappa shape index (κ1) is 59.0. The molecule has 370 valence electrons. The first-order chi connectivity index (χ1) is 30.7. The van der Waals surface area contributed by atoms with Crippen molar-refractivity contribution in [1.82, 2.24) is 0 Å². The predicted molar refractivity (Wildman–Crippen MR) is 252 cm³/mol. The standard InChI is InChI=1S/C52H96O11/c1-3-5-7-9-11-13-15-17-19-20-21-22-23-24-25-26-27-29-30-32-34-36-38-40-45(53)60-42-44(43-61-52-49(57)47(55)48(56)50(63-52)51(58)59)62-46(54)41-39-37-35-33-31-28-18-16-14-12-10-8-6-4-2/h20-21,44,47-50,52,55-57H,3-19,22-43H2,1-2H3,(H,58,59)/b21-20-. The number of unbranched alkanes of at least 4 members (excludes halogenated alkanes) is 32. The van der Waals surface area contributed by atoms with Crippen LogP contribution in [0, 0.1) is 0 Å². The molecule has 0 aromatic rings. The van der Waals surface area contributed by atoms with Crippen molar-refractivity contribution in [2.45, 2.75) is 288 Å². The van der Waals surface area contributed by atoms with E-state index in [1.165, 1.54) is 173 Å². The molecule has 1 rings (SSSR count). The van der Waals surface area contributed by atoms with Gasteiger partial charge in [0.05, 0.1) is 6.61 Å². The fourth-order valence-electron chi connectivity index (χ4n) is 8.23. The van der Waals surface area contributed by atoms with Gasteiger partial charge in [-0.05, 0) is 38.5 Å². The Hall–Kier alpha value is -2.05. The largest absolute Gasteiger partial charge is 0.479 e. The van der Waals surface area contributed by atoms with Gasteiger partial charge < -0.3 is 39.4 Å². The lowest BCUT2D eigenvalue weighted by molar-refractivity contribution is -0.298. The number of hydrogen-bond acceptors (Lipinski definition) is 10. The molecule has 1 aliphatic heterocycles. The number of carbonyl (C=O) groups is 3. The van der Waals surface area contributed by atoms with E-state index < -0.39 is 54.7 Å². The highest BCUT2D eigenvalue weighted by Gasteiger charge is 2.47. The molecule has 0 amide bonds. The Labute approximate surface area is 384 Å². The second kappa shape index (κ2) is 42.6. The first-order valence-electron chi connectivity index (χ1n) is 26.2. The lowest BCUT2D eigenvalue weighted by Crippen LogP contribution is -2.60. The number of carboxylic acid groups (broad SMARTS) is 1. The number of aliphatic hydroxyl groups excluding tert-OH is 3. The van der Waals surface area contributed by atoms with Gasteiger partial charge >= 0.3 is 17.9 Å². The van der Waals surface area contributed by atoms with Gasteiger partial charge in [-0.15, -0.1) is 0 Å². The minimum atomic E-state index is -1.86. The summed E-state index contributed by atoms with van der Waals surface area (Å²) in [6.45, 7) is 3.85. The summed E-state index contributed by atoms with van der Waals surface area (Å²) in [4.78, 5) is 37.0. The Morgan fingerprint density at radius 1 is 0.476 bits per heavy atom. The molecule has 0 aromatic heterocycles. The number of aliphatic carboxylic acids is 1. The Morgan fingerprint density at radius 3 is 1.24 bits per heavy atom. The van der Waals surface area contributed by atoms with Crippen LogP contribution in [0.25, 0.3) is 0 Å². The molecule has 11 heteroatoms. The van der Waals surface area contributed by atoms with E-state index in [0.717, 1.165) is 38.5 Å². The van der Waals surface area contributed by atoms with Gasteiger partial charge in [0.15, 0.2) is 18.5 Å². The molecule has 6 unspecified atom stereocenters. The third-order valence-corrected chi connectivity index (χ3v) is 12.4. The minimum Gasteiger partial charge on any atom is -0.479 e. The summed E-state index contributed by atoms with van der Waals surface area (Å²) in [5.74, 6) is -2.42. The summed E-state index contributed by atoms with van der Waals surface area (Å²) < 4.78 is 21.8. The minimum absolute atomic E-state index is 0.189. The van der Waals surface area contributed by atoms with E-state index in [0.29, 0.717) is 12.8 Å². The van der Waals surface area contributed by atoms with E-state index in [1.54, 1.807) is 0 Å². The van der Waals surface area contributed by atoms with E-state index in [1.807, 2.05) is 0 Å². The molecule has 1 aliphatic rings. The van der Waals surface area contributed by atoms with Gasteiger partial charge in [-0.1, -0.05) is 212 Å². The fraction of sp³-hybridized carbons (Fsp3) is 0.904. The van der Waals surface area contributed by atoms with Crippen molar-refractivity contribution in [3.63, 3.8) is 0 Å². The van der Waals surface area contributed by atoms with Gasteiger partial charge in [-0.25, -0.2) is 4.79 Å². The molecule has 1 saturated heterocycles. The van der Waals surface area contributed by atoms with Crippen molar-refractivity contribution < 1.29 is 53.8 Å². The maximum atomic E-state index is 12.8. The second-order valence-corrected chi connectivity index (χ2v) is 18.4. The summed E-state index contributed by atoms with van der Waals surface area (Å²) in [6.07, 6.45) is 38.4. The molecule has 0 radical (unpaired) electrons. The Kier molecular flexibility index (Phi) is 39.9. The SMILES string of the molecule is CCCCCCCCCC/C=C\CCCCCCCCCCCCCC(=O)OCC(COC1OC(C(=O)O)C(O)C(O)C1O)OC(=O)CCCCCCCCCCCCCCCC. The van der Waals surface area contributed by atoms with E-state index in [-0.39, 0.29) is 26.1 Å². The van der Waals surface area contributed by atoms with Crippen molar-refractivity contribution in [2.24, 2.45) is 0 Å². The number of hydrogen-bond donors (Lipinski definition) is 4. The van der Waals surface area contributed by atoms with E-state index >= 15 is 0 Å². The van der Waals surface area contributed by atoms with Gasteiger partial charge in [-0.3, -0.25) is 9.59 Å². The van der Waals surface area contributed by atoms with Gasteiger partial charge in [0.25, 0.3) is 0 Å². The molecule has 4 N–H and O–H groups in total. The molecule has 6 atom stereocenters. The second-order valence-electron chi connectivity index (χ2n) is 18.4. The van der Waals surface area contributed by atoms with E-state index in [4.69, 9.17) is 18.9 Å². The van der Waals surface area contributed by atoms with Crippen molar-refractivity contribution in [3.05, 3.63) is 12.2 Å². The van der Waals surface area contributed by atoms with Crippen molar-refractivity contribution in [2.75, 3.05) is 13.2 Å². The number of allylic oxidation sites excluding steroid dienone is 2. The van der Waals surface area contributed by atoms with Crippen LogP contribution in [0.5, 0.6) is 0 Å². The number of rotatable bonds is 45. The van der Waals surface area contributed by atoms with Crippen LogP contribution in [0.15, 0.2) is 12.2 Å². The number of aliphatic hydroxyl groups is 3. The molecule has 63 heavy (non-hydrogen) atoms. The smallest absolute Gasteiger partial charge is 0.335 e. The van der Waals surface area contributed by atoms with Crippen molar-refractivity contribution >= 4 is 17.9 Å². The number of carbonyl (C=O) groups excluding carboxylic acids is 2. The molecule has 0 aliphatic carbocycles. The lowest BCUT2D eigenvalue weighted by atomic mass is 9.99. The van der Waals surface area contributed by atoms with Crippen molar-refractivity contribution in [3.8, 4) is 0 Å². The van der Waals surface area contributed by atoms with Crippen LogP contribution in [0.4, 0.5) is 0 Å². The highest BCUT2D eigenvalue weighted by molar-refractivity contribution is 5.73. The van der Waals surface area contributed by atoms with Crippen LogP contribution in [-0.4, -0.2) is 88.4 Å². The Bertz CT molecular complexity index is 1100. The first-order valence-corrected chi connectivity index (χ1v) is 26.2. The van der Waals surface area contributed by atoms with Gasteiger partial charge in [0, 0.05) is 12.8 Å². The monoisotopic (exact) mass is 897 g/mol. The maximum absolute atomic E-state index is 12.8. The summed E-state index contributed by atoms with van der Waals surface area (Å²) in [7, 11) is 0. The number of ether oxygens (including phenoxy) is 4. The quantitative estimate of drug-likeness (QED) is 0.0261. The number of esters is 2. The zero-order valence-electron chi connectivity index (χ0n) is 40.3. The Morgan fingerprint density at radius 2 is 0.841 bits per heavy atom. The molecule has 1 fully saturated rings. The Balaban J connectivity index is 2.25. The van der Waals surface area contributed by atoms with E-state index in [9.17, 15) is 34.8 Å². The maximum Gasteiger partial charge on any atom is 0.335 e. The molecule has 0 spiro atoms. The van der Waals surface area contributed by atoms with Crippen LogP contribution in [-0.2, 0) is 33.3 Å². The van der Waals surface area contributed by atoms with Crippen LogP contribution < -0.4 is 0 Å². The molecule has 11 nitrogen and oxygen atoms in total. The van der Waals surface area contributed by atoms with Crippen LogP contribution in [0.2, 0.25) is 0 Å². The topological polar surface area (TPSA) is 169 Å². The molecular formula is C52H96O11. The van der Waals surface area contributed by atoms with Crippen molar-refractivity contribution in [1.29, 1.82) is 0 Å². The fourth-order valence-corrected chi connectivity index (χ4v) is 8.23. The van der Waals surface area contributed by atoms with Crippen LogP contribution in [0.3, 0.4) is 0 Å². The zero-order chi connectivity index (χ0) is 46.0. The highest BCUT2D eigenvalue weighted by atomic mass is 16.7. The van der Waals surface area contributed by atoms with Crippen LogP contribution in [0.1, 0.15) is 251 Å². The normalized spacial score (nSPS) is 19.4. The third-order valence-electron chi connectivity index (χ3n) is 12.4. The highest BCUT2D eigenvalue weighted by Crippen LogP contribution is 2.23. The molecular weight excluding hydrogens is 801 g/mol. The summed E-state index contributed by atoms with van der Waals surface area (Å²) in [5.41, 5.74) is 0. The van der Waals surface area contributed by atoms with Gasteiger partial charge in [0.1, 0.15) is 24.9 Å². The zero-order valence-corrected chi connectivity index (χ0v) is 40.3. The predicted octanol–water partition coefficient (Wildman–Crippen LogP) is 12.4. The van der Waals surface area contributed by atoms with Gasteiger partial charge in [-0.2, -0.15) is 0 Å². The molecule has 1 heterocycles. The average Bonchev–Trinajstić information content (AvgIpc) is 3.27.